The number of hydrogen-bond donors (Lipinski definition) is 4. The molecule has 2 heterocycles. The zero-order chi connectivity index (χ0) is 18.2. The van der Waals surface area contributed by atoms with E-state index in [1.165, 1.54) is 6.33 Å². The predicted molar refractivity (Wildman–Crippen MR) is 96.4 cm³/mol. The van der Waals surface area contributed by atoms with Crippen molar-refractivity contribution in [1.82, 2.24) is 25.3 Å². The zero-order valence-corrected chi connectivity index (χ0v) is 14.1. The number of hydrogen-bond acceptors (Lipinski definition) is 6. The van der Waals surface area contributed by atoms with Crippen LogP contribution in [0, 0.1) is 0 Å². The van der Waals surface area contributed by atoms with Crippen molar-refractivity contribution in [2.45, 2.75) is 25.6 Å². The minimum atomic E-state index is -0.915. The van der Waals surface area contributed by atoms with Gasteiger partial charge in [0.2, 0.25) is 5.95 Å². The monoisotopic (exact) mass is 352 g/mol. The van der Waals surface area contributed by atoms with Crippen LogP contribution in [0.25, 0.3) is 0 Å². The molecule has 2 aromatic heterocycles. The van der Waals surface area contributed by atoms with Crippen molar-refractivity contribution < 1.29 is 9.90 Å². The molecule has 3 aromatic rings. The third-order valence-corrected chi connectivity index (χ3v) is 3.83. The molecule has 1 aromatic carbocycles. The number of aromatic amines is 1. The quantitative estimate of drug-likeness (QED) is 0.462. The fourth-order valence-electron chi connectivity index (χ4n) is 2.42. The summed E-state index contributed by atoms with van der Waals surface area (Å²) in [5.74, 6) is -0.383. The van der Waals surface area contributed by atoms with Crippen LogP contribution in [0.3, 0.4) is 0 Å². The molecule has 0 aliphatic carbocycles. The van der Waals surface area contributed by atoms with Gasteiger partial charge in [-0.05, 0) is 5.56 Å². The second-order valence-corrected chi connectivity index (χ2v) is 5.81. The van der Waals surface area contributed by atoms with Gasteiger partial charge < -0.3 is 15.4 Å². The van der Waals surface area contributed by atoms with Crippen LogP contribution in [0.2, 0.25) is 0 Å². The lowest BCUT2D eigenvalue weighted by atomic mass is 10.1. The van der Waals surface area contributed by atoms with E-state index in [2.05, 4.69) is 30.6 Å². The van der Waals surface area contributed by atoms with Gasteiger partial charge in [0.05, 0.1) is 6.33 Å². The Bertz CT molecular complexity index is 805. The van der Waals surface area contributed by atoms with Gasteiger partial charge in [-0.2, -0.15) is 0 Å². The van der Waals surface area contributed by atoms with E-state index in [1.807, 2.05) is 30.3 Å². The number of aliphatic carboxylic acids is 1. The van der Waals surface area contributed by atoms with E-state index in [-0.39, 0.29) is 0 Å². The second kappa shape index (κ2) is 8.72. The van der Waals surface area contributed by atoms with Crippen molar-refractivity contribution in [3.8, 4) is 0 Å². The summed E-state index contributed by atoms with van der Waals surface area (Å²) in [7, 11) is 0. The number of anilines is 1. The molecule has 8 heteroatoms. The molecule has 0 saturated heterocycles. The summed E-state index contributed by atoms with van der Waals surface area (Å²) in [4.78, 5) is 26.7. The summed E-state index contributed by atoms with van der Waals surface area (Å²) in [6.45, 7) is 1.01. The van der Waals surface area contributed by atoms with Crippen LogP contribution in [0.1, 0.15) is 16.8 Å². The molecule has 1 unspecified atom stereocenters. The van der Waals surface area contributed by atoms with Crippen molar-refractivity contribution in [2.75, 3.05) is 5.32 Å². The number of carboxylic acids is 1. The lowest BCUT2D eigenvalue weighted by molar-refractivity contribution is -0.139. The SMILES string of the molecule is O=C(O)C(Cc1cnc[nH]1)NCc1cnc(NCc2ccccc2)nc1. The van der Waals surface area contributed by atoms with Gasteiger partial charge in [0.25, 0.3) is 0 Å². The third kappa shape index (κ3) is 5.12. The second-order valence-electron chi connectivity index (χ2n) is 5.81. The Morgan fingerprint density at radius 1 is 1.08 bits per heavy atom. The molecule has 134 valence electrons. The number of carboxylic acid groups (broad SMARTS) is 1. The maximum absolute atomic E-state index is 11.4. The Hall–Kier alpha value is -3.26. The molecule has 1 atom stereocenters. The first kappa shape index (κ1) is 17.6. The van der Waals surface area contributed by atoms with Crippen LogP contribution in [0.4, 0.5) is 5.95 Å². The summed E-state index contributed by atoms with van der Waals surface area (Å²) in [5.41, 5.74) is 2.72. The first-order valence-corrected chi connectivity index (χ1v) is 8.23. The van der Waals surface area contributed by atoms with Gasteiger partial charge in [-0.1, -0.05) is 30.3 Å². The first-order chi connectivity index (χ1) is 12.7. The Morgan fingerprint density at radius 3 is 2.50 bits per heavy atom. The molecule has 0 amide bonds. The normalized spacial score (nSPS) is 11.8. The van der Waals surface area contributed by atoms with Crippen LogP contribution >= 0.6 is 0 Å². The molecule has 8 nitrogen and oxygen atoms in total. The van der Waals surface area contributed by atoms with Gasteiger partial charge in [-0.3, -0.25) is 10.1 Å². The summed E-state index contributed by atoms with van der Waals surface area (Å²) in [6.07, 6.45) is 6.84. The highest BCUT2D eigenvalue weighted by molar-refractivity contribution is 5.73. The molecule has 0 aliphatic heterocycles. The van der Waals surface area contributed by atoms with Gasteiger partial charge in [-0.15, -0.1) is 0 Å². The molecule has 0 aliphatic rings. The number of imidazole rings is 1. The highest BCUT2D eigenvalue weighted by Gasteiger charge is 2.18. The molecule has 3 rings (SSSR count). The summed E-state index contributed by atoms with van der Waals surface area (Å²) in [6, 6.07) is 9.27. The molecular formula is C18H20N6O2. The highest BCUT2D eigenvalue weighted by Crippen LogP contribution is 2.05. The molecular weight excluding hydrogens is 332 g/mol. The van der Waals surface area contributed by atoms with Crippen LogP contribution < -0.4 is 10.6 Å². The summed E-state index contributed by atoms with van der Waals surface area (Å²) in [5, 5.41) is 15.5. The zero-order valence-electron chi connectivity index (χ0n) is 14.1. The number of carbonyl (C=O) groups is 1. The van der Waals surface area contributed by atoms with Crippen LogP contribution in [0.15, 0.2) is 55.2 Å². The smallest absolute Gasteiger partial charge is 0.321 e. The number of nitrogens with zero attached hydrogens (tertiary/aromatic N) is 3. The van der Waals surface area contributed by atoms with E-state index in [4.69, 9.17) is 0 Å². The number of aromatic nitrogens is 4. The van der Waals surface area contributed by atoms with Crippen molar-refractivity contribution in [3.05, 3.63) is 72.1 Å². The van der Waals surface area contributed by atoms with E-state index in [9.17, 15) is 9.90 Å². The van der Waals surface area contributed by atoms with Crippen molar-refractivity contribution >= 4 is 11.9 Å². The standard InChI is InChI=1S/C18H20N6O2/c25-17(26)16(6-15-11-19-12-24-15)20-8-14-9-22-18(23-10-14)21-7-13-4-2-1-3-5-13/h1-5,9-12,16,20H,6-8H2,(H,19,24)(H,25,26)(H,21,22,23). The van der Waals surface area contributed by atoms with Crippen LogP contribution in [-0.4, -0.2) is 37.1 Å². The minimum Gasteiger partial charge on any atom is -0.480 e. The maximum atomic E-state index is 11.4. The van der Waals surface area contributed by atoms with Crippen molar-refractivity contribution in [2.24, 2.45) is 0 Å². The Labute approximate surface area is 150 Å². The number of H-pyrrole nitrogens is 1. The van der Waals surface area contributed by atoms with Crippen molar-refractivity contribution in [3.63, 3.8) is 0 Å². The van der Waals surface area contributed by atoms with E-state index in [0.717, 1.165) is 16.8 Å². The average Bonchev–Trinajstić information content (AvgIpc) is 3.18. The Morgan fingerprint density at radius 2 is 1.85 bits per heavy atom. The molecule has 0 bridgehead atoms. The van der Waals surface area contributed by atoms with Gasteiger partial charge >= 0.3 is 5.97 Å². The van der Waals surface area contributed by atoms with Gasteiger partial charge in [-0.25, -0.2) is 15.0 Å². The topological polar surface area (TPSA) is 116 Å². The van der Waals surface area contributed by atoms with E-state index in [1.54, 1.807) is 18.6 Å². The van der Waals surface area contributed by atoms with Crippen LogP contribution in [0.5, 0.6) is 0 Å². The fourth-order valence-corrected chi connectivity index (χ4v) is 2.42. The van der Waals surface area contributed by atoms with Crippen LogP contribution in [-0.2, 0) is 24.3 Å². The maximum Gasteiger partial charge on any atom is 0.321 e. The molecule has 0 fully saturated rings. The average molecular weight is 352 g/mol. The van der Waals surface area contributed by atoms with Gasteiger partial charge in [0.1, 0.15) is 6.04 Å². The van der Waals surface area contributed by atoms with E-state index < -0.39 is 12.0 Å². The predicted octanol–water partition coefficient (Wildman–Crippen LogP) is 1.60. The number of nitrogens with one attached hydrogen (secondary N) is 3. The third-order valence-electron chi connectivity index (χ3n) is 3.83. The molecule has 0 spiro atoms. The molecule has 26 heavy (non-hydrogen) atoms. The van der Waals surface area contributed by atoms with Gasteiger partial charge in [0, 0.05) is 49.4 Å². The minimum absolute atomic E-state index is 0.326. The van der Waals surface area contributed by atoms with Gasteiger partial charge in [0.15, 0.2) is 0 Å². The largest absolute Gasteiger partial charge is 0.480 e. The van der Waals surface area contributed by atoms with E-state index >= 15 is 0 Å². The number of rotatable bonds is 9. The Balaban J connectivity index is 1.50. The fraction of sp³-hybridized carbons (Fsp3) is 0.222. The summed E-state index contributed by atoms with van der Waals surface area (Å²) < 4.78 is 0. The first-order valence-electron chi connectivity index (χ1n) is 8.23. The van der Waals surface area contributed by atoms with E-state index in [0.29, 0.717) is 25.5 Å². The Kier molecular flexibility index (Phi) is 5.89. The lowest BCUT2D eigenvalue weighted by Gasteiger charge is -2.13. The molecule has 4 N–H and O–H groups in total. The lowest BCUT2D eigenvalue weighted by Crippen LogP contribution is -2.38. The number of benzene rings is 1. The van der Waals surface area contributed by atoms with Crippen molar-refractivity contribution in [1.29, 1.82) is 0 Å². The highest BCUT2D eigenvalue weighted by atomic mass is 16.4. The summed E-state index contributed by atoms with van der Waals surface area (Å²) >= 11 is 0. The molecule has 0 saturated carbocycles. The molecule has 0 radical (unpaired) electrons.